The molecule has 0 bridgehead atoms. The molecule has 7 aromatic rings. The van der Waals surface area contributed by atoms with Crippen LogP contribution >= 0.6 is 11.8 Å². The Hall–Kier alpha value is -6.93. The number of hydrogen-bond donors (Lipinski definition) is 2. The van der Waals surface area contributed by atoms with Gasteiger partial charge in [-0.25, -0.2) is 26.0 Å². The summed E-state index contributed by atoms with van der Waals surface area (Å²) in [4.78, 5) is 9.44. The van der Waals surface area contributed by atoms with Crippen molar-refractivity contribution < 1.29 is 157 Å². The Bertz CT molecular complexity index is 3290. The van der Waals surface area contributed by atoms with Gasteiger partial charge in [-0.2, -0.15) is 82.0 Å². The smallest absolute Gasteiger partial charge is 0.411 e. The van der Waals surface area contributed by atoms with Crippen molar-refractivity contribution in [1.29, 1.82) is 0 Å². The van der Waals surface area contributed by atoms with Crippen LogP contribution in [-0.4, -0.2) is 98.2 Å². The molecule has 0 aliphatic carbocycles. The van der Waals surface area contributed by atoms with Gasteiger partial charge >= 0.3 is 24.7 Å². The van der Waals surface area contributed by atoms with Crippen molar-refractivity contribution in [2.45, 2.75) is 196 Å². The van der Waals surface area contributed by atoms with Crippen molar-refractivity contribution >= 4 is 39.5 Å². The summed E-state index contributed by atoms with van der Waals surface area (Å²) in [6, 6.07) is 32.0. The molecule has 0 spiro atoms. The van der Waals surface area contributed by atoms with Gasteiger partial charge in [0.05, 0.1) is 25.0 Å². The number of Topliss-reactive ketones (excluding diaryl/α,β-unsaturated/α-hetero) is 1. The van der Waals surface area contributed by atoms with Crippen LogP contribution < -0.4 is 0 Å². The molecule has 647 valence electrons. The fraction of sp³-hybridized carbons (Fsp3) is 0.456. The van der Waals surface area contributed by atoms with Gasteiger partial charge in [-0.15, -0.1) is 10.2 Å². The molecule has 112 heavy (non-hydrogen) atoms. The molecule has 0 saturated carbocycles. The van der Waals surface area contributed by atoms with Gasteiger partial charge in [0.25, 0.3) is 0 Å². The van der Waals surface area contributed by atoms with Crippen LogP contribution in [0.2, 0.25) is 0 Å². The molecule has 1 radical (unpaired) electrons. The average Bonchev–Trinajstić information content (AvgIpc) is 0.737. The Balaban J connectivity index is -0.0000000901. The molecule has 8 nitrogen and oxygen atoms in total. The van der Waals surface area contributed by atoms with Gasteiger partial charge in [0.1, 0.15) is 15.6 Å². The molecule has 1 heterocycles. The molecule has 7 rings (SSSR count). The van der Waals surface area contributed by atoms with E-state index >= 15 is 0 Å². The maximum absolute atomic E-state index is 13.5. The molecule has 6 aromatic carbocycles. The number of alkyl halides is 14. The molecular weight excluding hydrogens is 1640 g/mol. The van der Waals surface area contributed by atoms with Crippen LogP contribution in [0.15, 0.2) is 139 Å². The SMILES string of the molecule is C.C.C.C=Cc1c(F)c(F)c(O)c(F)c1F.C=Cc1c(F)c(F)c(O)c(F)c1F.CC.CC.CC.CC.CC(C)(C(F)(F)F)C(F)(F)F.CC(C)(c1ccccc1)c1ccccc1.CC(C)=O.CCC.CCF.CF.CS(C)(=O)=O.CSC.Cc1nnc(C)o1.FC(F)(F)C(c1ccccc1)(c1ccccc1)C(F)(F)F.[Y]. The second-order valence-electron chi connectivity index (χ2n) is 20.7. The number of aromatic nitrogens is 2. The van der Waals surface area contributed by atoms with Crippen LogP contribution in [0.1, 0.15) is 192 Å². The number of thioether (sulfide) groups is 1. The van der Waals surface area contributed by atoms with Crippen LogP contribution in [0.5, 0.6) is 11.5 Å². The number of aryl methyl sites for hydroxylation is 2. The normalized spacial score (nSPS) is 9.95. The first-order valence-corrected chi connectivity index (χ1v) is 36.2. The predicted molar refractivity (Wildman–Crippen MR) is 413 cm³/mol. The monoisotopic (exact) mass is 1760 g/mol. The van der Waals surface area contributed by atoms with Crippen LogP contribution in [-0.2, 0) is 58.2 Å². The number of hydrogen-bond acceptors (Lipinski definition) is 9. The van der Waals surface area contributed by atoms with Crippen LogP contribution in [0.4, 0.5) is 96.6 Å². The van der Waals surface area contributed by atoms with E-state index in [0.717, 1.165) is 61.0 Å². The maximum Gasteiger partial charge on any atom is 0.411 e. The number of carbonyl (C=O) groups excluding carboxylic acids is 1. The molecule has 33 heteroatoms. The summed E-state index contributed by atoms with van der Waals surface area (Å²) in [6.07, 6.45) is -12.6. The van der Waals surface area contributed by atoms with E-state index in [1.54, 1.807) is 25.6 Å². The predicted octanol–water partition coefficient (Wildman–Crippen LogP) is 28.3. The van der Waals surface area contributed by atoms with Gasteiger partial charge in [-0.3, -0.25) is 8.78 Å². The molecule has 0 saturated heterocycles. The maximum atomic E-state index is 13.5. The minimum Gasteiger partial charge on any atom is -0.503 e. The topological polar surface area (TPSA) is 131 Å². The Kier molecular flexibility index (Phi) is 83.4. The molecule has 1 aromatic heterocycles. The summed E-state index contributed by atoms with van der Waals surface area (Å²) in [6.45, 7) is 38.7. The zero-order valence-corrected chi connectivity index (χ0v) is 70.1. The standard InChI is InChI=1S/C15H10F6.C15H16.2C8H4F4O.C5H6F6.C4H6N2O.C3H6O.C3H8.C2H5F.C2H6O2S.C2H6S.4C2H6.CH3F.3CH4.Y/c16-14(17,18)13(15(19,20)21,11-7-3-1-4-8-11)12-9-5-2-6-10-12;1-15(2,13-9-5-3-6-10-13)14-11-7-4-8-12-14;2*1-2-3-4(9)6(11)8(13)7(12)5(3)10;1-3(2,4(6,7)8)5(9,10)11;1-3-5-6-4(2)7-3;1-3(2)4;1-3-2;1-2-3;1-5(2,3)4;1-3-2;5*1-2;;;;/h1-10H;3-12H,1-2H3;2*2,13H,1H2;1-2H3;1-2H3;1-2H3;3H2,1-2H3;2H2,1H3;1-2H3;1-2H3;4*1-2H3;1H3;3*1H4;. The average molecular weight is 1760 g/mol. The molecule has 0 fully saturated rings. The third kappa shape index (κ3) is 50.3. The molecule has 0 amide bonds. The van der Waals surface area contributed by atoms with E-state index in [1.165, 1.54) is 50.5 Å². The second-order valence-corrected chi connectivity index (χ2v) is 23.8. The van der Waals surface area contributed by atoms with Gasteiger partial charge in [-0.05, 0) is 69.4 Å². The Morgan fingerprint density at radius 1 is 0.455 bits per heavy atom. The fourth-order valence-corrected chi connectivity index (χ4v) is 6.42. The van der Waals surface area contributed by atoms with Gasteiger partial charge in [0, 0.05) is 64.5 Å². The fourth-order valence-electron chi connectivity index (χ4n) is 6.42. The van der Waals surface area contributed by atoms with E-state index in [2.05, 4.69) is 112 Å². The third-order valence-electron chi connectivity index (χ3n) is 11.3. The Labute approximate surface area is 680 Å². The van der Waals surface area contributed by atoms with Crippen molar-refractivity contribution in [2.75, 3.05) is 38.9 Å². The molecule has 0 atom stereocenters. The minimum atomic E-state index is -5.52. The van der Waals surface area contributed by atoms with Gasteiger partial charge in [0.2, 0.25) is 40.5 Å². The number of nitrogens with zero attached hydrogens (tertiary/aromatic N) is 2. The van der Waals surface area contributed by atoms with Crippen molar-refractivity contribution in [3.63, 3.8) is 0 Å². The summed E-state index contributed by atoms with van der Waals surface area (Å²) >= 11 is 1.75. The largest absolute Gasteiger partial charge is 0.503 e. The number of benzene rings is 6. The van der Waals surface area contributed by atoms with Crippen molar-refractivity contribution in [3.05, 3.63) is 226 Å². The summed E-state index contributed by atoms with van der Waals surface area (Å²) < 4.78 is 296. The van der Waals surface area contributed by atoms with Crippen LogP contribution in [0, 0.1) is 65.8 Å². The van der Waals surface area contributed by atoms with E-state index in [9.17, 15) is 110 Å². The van der Waals surface area contributed by atoms with Crippen molar-refractivity contribution in [1.82, 2.24) is 10.2 Å². The number of phenolic OH excluding ortho intramolecular Hbond substituents is 2. The second kappa shape index (κ2) is 69.6. The van der Waals surface area contributed by atoms with E-state index < -0.39 is 126 Å². The summed E-state index contributed by atoms with van der Waals surface area (Å²) in [7, 11) is -2.17. The number of phenols is 2. The zero-order valence-electron chi connectivity index (χ0n) is 65.7. The Morgan fingerprint density at radius 2 is 0.616 bits per heavy atom. The van der Waals surface area contributed by atoms with Crippen molar-refractivity contribution in [2.24, 2.45) is 5.41 Å². The molecule has 2 N–H and O–H groups in total. The summed E-state index contributed by atoms with van der Waals surface area (Å²) in [5, 5.41) is 24.2. The number of carbonyl (C=O) groups is 1. The molecule has 0 aliphatic heterocycles. The van der Waals surface area contributed by atoms with E-state index in [0.29, 0.717) is 31.1 Å². The Morgan fingerprint density at radius 3 is 0.732 bits per heavy atom. The van der Waals surface area contributed by atoms with Gasteiger partial charge < -0.3 is 19.4 Å². The summed E-state index contributed by atoms with van der Waals surface area (Å²) in [5.74, 6) is -15.9. The van der Waals surface area contributed by atoms with Gasteiger partial charge in [-0.1, -0.05) is 258 Å². The van der Waals surface area contributed by atoms with Gasteiger partial charge in [0.15, 0.2) is 40.2 Å². The van der Waals surface area contributed by atoms with E-state index in [4.69, 9.17) is 14.6 Å². The van der Waals surface area contributed by atoms with Crippen LogP contribution in [0.25, 0.3) is 12.2 Å². The number of rotatable bonds is 6. The first-order valence-electron chi connectivity index (χ1n) is 32.3. The number of halogens is 22. The number of sulfone groups is 1. The molecule has 0 aliphatic rings. The van der Waals surface area contributed by atoms with E-state index in [1.807, 2.05) is 67.9 Å². The third-order valence-corrected chi connectivity index (χ3v) is 11.3. The first kappa shape index (κ1) is 134. The zero-order chi connectivity index (χ0) is 87.8. The minimum absolute atomic E-state index is 0. The summed E-state index contributed by atoms with van der Waals surface area (Å²) in [5.41, 5.74) is -8.44. The number of aromatic hydroxyl groups is 2. The van der Waals surface area contributed by atoms with Crippen molar-refractivity contribution in [3.8, 4) is 11.5 Å². The quantitative estimate of drug-likeness (QED) is 0.123. The van der Waals surface area contributed by atoms with Crippen LogP contribution in [0.3, 0.4) is 0 Å². The molecular formula is C79H116F22N2O6S2Y. The first-order chi connectivity index (χ1) is 49.7. The van der Waals surface area contributed by atoms with E-state index in [-0.39, 0.29) is 86.7 Å². The molecule has 0 unspecified atom stereocenters. The number of ketones is 1.